The summed E-state index contributed by atoms with van der Waals surface area (Å²) in [5, 5.41) is 0. The first-order chi connectivity index (χ1) is 13.8. The van der Waals surface area contributed by atoms with Crippen molar-refractivity contribution in [3.8, 4) is 0 Å². The van der Waals surface area contributed by atoms with Gasteiger partial charge in [-0.25, -0.2) is 0 Å². The molecule has 3 aliphatic rings. The Labute approximate surface area is 172 Å². The van der Waals surface area contributed by atoms with Gasteiger partial charge in [0.15, 0.2) is 0 Å². The maximum absolute atomic E-state index is 13.3. The van der Waals surface area contributed by atoms with Gasteiger partial charge in [0.1, 0.15) is 11.5 Å². The summed E-state index contributed by atoms with van der Waals surface area (Å²) in [6, 6.07) is 1.83. The maximum Gasteiger partial charge on any atom is 0.257 e. The van der Waals surface area contributed by atoms with E-state index < -0.39 is 0 Å². The van der Waals surface area contributed by atoms with E-state index in [0.29, 0.717) is 36.9 Å². The van der Waals surface area contributed by atoms with Crippen LogP contribution in [-0.4, -0.2) is 86.5 Å². The average molecular weight is 404 g/mol. The Morgan fingerprint density at radius 3 is 2.45 bits per heavy atom. The molecule has 7 nitrogen and oxygen atoms in total. The Bertz CT molecular complexity index is 796. The summed E-state index contributed by atoms with van der Waals surface area (Å²) in [7, 11) is 3.64. The molecule has 4 rings (SSSR count). The number of ether oxygens (including phenoxy) is 1. The van der Waals surface area contributed by atoms with Crippen molar-refractivity contribution in [1.29, 1.82) is 0 Å². The smallest absolute Gasteiger partial charge is 0.257 e. The van der Waals surface area contributed by atoms with E-state index in [1.807, 2.05) is 36.8 Å². The summed E-state index contributed by atoms with van der Waals surface area (Å²) in [5.41, 5.74) is 0.297. The molecule has 7 heteroatoms. The Morgan fingerprint density at radius 1 is 1.17 bits per heavy atom. The second-order valence-electron chi connectivity index (χ2n) is 9.16. The molecule has 29 heavy (non-hydrogen) atoms. The molecule has 160 valence electrons. The second-order valence-corrected chi connectivity index (χ2v) is 9.16. The van der Waals surface area contributed by atoms with Crippen LogP contribution >= 0.6 is 0 Å². The van der Waals surface area contributed by atoms with Gasteiger partial charge in [-0.1, -0.05) is 0 Å². The number of nitrogens with zero attached hydrogens (tertiary/aromatic N) is 3. The van der Waals surface area contributed by atoms with E-state index in [1.165, 1.54) is 0 Å². The molecule has 3 aliphatic heterocycles. The predicted octanol–water partition coefficient (Wildman–Crippen LogP) is 1.93. The third-order valence-corrected chi connectivity index (χ3v) is 7.56. The summed E-state index contributed by atoms with van der Waals surface area (Å²) < 4.78 is 10.8. The summed E-state index contributed by atoms with van der Waals surface area (Å²) in [6.07, 6.45) is 2.66. The highest BCUT2D eigenvalue weighted by molar-refractivity contribution is 5.95. The fraction of sp³-hybridized carbons (Fsp3) is 0.727. The lowest BCUT2D eigenvalue weighted by Gasteiger charge is -2.47. The normalized spacial score (nSPS) is 27.0. The van der Waals surface area contributed by atoms with Gasteiger partial charge < -0.3 is 19.0 Å². The number of hydrogen-bond acceptors (Lipinski definition) is 5. The molecule has 0 aliphatic carbocycles. The molecular formula is C22H33N3O4. The second kappa shape index (κ2) is 7.43. The van der Waals surface area contributed by atoms with Crippen LogP contribution in [0.15, 0.2) is 10.5 Å². The lowest BCUT2D eigenvalue weighted by molar-refractivity contribution is -0.141. The minimum atomic E-state index is -0.313. The quantitative estimate of drug-likeness (QED) is 0.769. The molecule has 3 fully saturated rings. The Balaban J connectivity index is 1.53. The molecule has 1 atom stereocenters. The van der Waals surface area contributed by atoms with Crippen LogP contribution in [0.1, 0.15) is 41.1 Å². The summed E-state index contributed by atoms with van der Waals surface area (Å²) in [5.74, 6) is 1.79. The Hall–Kier alpha value is -1.86. The molecule has 1 unspecified atom stereocenters. The number of likely N-dealkylation sites (tertiary alicyclic amines) is 3. The molecule has 2 spiro atoms. The first-order valence-corrected chi connectivity index (χ1v) is 10.7. The summed E-state index contributed by atoms with van der Waals surface area (Å²) >= 11 is 0. The SMILES string of the molecule is COCCN1CC2(CCN(C(=O)c3cc(C)oc3C)CC2)C2(CCN(C)C2=O)C1. The molecule has 1 aromatic heterocycles. The van der Waals surface area contributed by atoms with Crippen LogP contribution in [0.25, 0.3) is 0 Å². The number of aryl methyl sites for hydroxylation is 2. The first kappa shape index (κ1) is 20.4. The van der Waals surface area contributed by atoms with E-state index in [4.69, 9.17) is 9.15 Å². The van der Waals surface area contributed by atoms with Gasteiger partial charge in [0.25, 0.3) is 5.91 Å². The average Bonchev–Trinajstić information content (AvgIpc) is 3.30. The van der Waals surface area contributed by atoms with Crippen LogP contribution < -0.4 is 0 Å². The van der Waals surface area contributed by atoms with E-state index in [0.717, 1.165) is 51.2 Å². The number of fused-ring (bicyclic) bond motifs is 1. The third kappa shape index (κ3) is 3.19. The molecule has 0 saturated carbocycles. The number of hydrogen-bond donors (Lipinski definition) is 0. The highest BCUT2D eigenvalue weighted by Crippen LogP contribution is 2.57. The third-order valence-electron chi connectivity index (χ3n) is 7.56. The van der Waals surface area contributed by atoms with E-state index in [-0.39, 0.29) is 16.7 Å². The molecule has 1 aromatic rings. The minimum Gasteiger partial charge on any atom is -0.466 e. The van der Waals surface area contributed by atoms with E-state index >= 15 is 0 Å². The predicted molar refractivity (Wildman–Crippen MR) is 109 cm³/mol. The van der Waals surface area contributed by atoms with E-state index in [2.05, 4.69) is 4.90 Å². The van der Waals surface area contributed by atoms with Crippen LogP contribution in [0.5, 0.6) is 0 Å². The number of piperidine rings is 1. The lowest BCUT2D eigenvalue weighted by Crippen LogP contribution is -2.53. The number of carbonyl (C=O) groups excluding carboxylic acids is 2. The molecular weight excluding hydrogens is 370 g/mol. The molecule has 0 N–H and O–H groups in total. The highest BCUT2D eigenvalue weighted by Gasteiger charge is 2.64. The summed E-state index contributed by atoms with van der Waals surface area (Å²) in [4.78, 5) is 32.6. The van der Waals surface area contributed by atoms with Gasteiger partial charge in [-0.2, -0.15) is 0 Å². The minimum absolute atomic E-state index is 0.0485. The fourth-order valence-electron chi connectivity index (χ4n) is 5.92. The number of amides is 2. The molecule has 3 saturated heterocycles. The van der Waals surface area contributed by atoms with Gasteiger partial charge in [-0.3, -0.25) is 14.5 Å². The number of carbonyl (C=O) groups is 2. The molecule has 0 bridgehead atoms. The zero-order valence-electron chi connectivity index (χ0n) is 18.1. The van der Waals surface area contributed by atoms with Gasteiger partial charge in [-0.15, -0.1) is 0 Å². The van der Waals surface area contributed by atoms with E-state index in [9.17, 15) is 9.59 Å². The van der Waals surface area contributed by atoms with Crippen LogP contribution in [-0.2, 0) is 9.53 Å². The number of methoxy groups -OCH3 is 1. The Kier molecular flexibility index (Phi) is 5.23. The first-order valence-electron chi connectivity index (χ1n) is 10.7. The monoisotopic (exact) mass is 403 g/mol. The van der Waals surface area contributed by atoms with Gasteiger partial charge in [0.2, 0.25) is 5.91 Å². The van der Waals surface area contributed by atoms with Crippen molar-refractivity contribution in [2.75, 3.05) is 60.0 Å². The number of furan rings is 1. The summed E-state index contributed by atoms with van der Waals surface area (Å²) in [6.45, 7) is 9.20. The lowest BCUT2D eigenvalue weighted by atomic mass is 9.60. The zero-order chi connectivity index (χ0) is 20.8. The van der Waals surface area contributed by atoms with E-state index in [1.54, 1.807) is 7.11 Å². The maximum atomic E-state index is 13.3. The van der Waals surface area contributed by atoms with Gasteiger partial charge in [-0.05, 0) is 39.2 Å². The molecule has 2 amide bonds. The van der Waals surface area contributed by atoms with Crippen molar-refractivity contribution in [1.82, 2.24) is 14.7 Å². The van der Waals surface area contributed by atoms with Crippen molar-refractivity contribution in [3.63, 3.8) is 0 Å². The van der Waals surface area contributed by atoms with Gasteiger partial charge in [0, 0.05) is 58.8 Å². The van der Waals surface area contributed by atoms with Gasteiger partial charge >= 0.3 is 0 Å². The largest absolute Gasteiger partial charge is 0.466 e. The van der Waals surface area contributed by atoms with Crippen molar-refractivity contribution in [3.05, 3.63) is 23.2 Å². The van der Waals surface area contributed by atoms with Crippen molar-refractivity contribution >= 4 is 11.8 Å². The highest BCUT2D eigenvalue weighted by atomic mass is 16.5. The topological polar surface area (TPSA) is 66.2 Å². The molecule has 0 radical (unpaired) electrons. The van der Waals surface area contributed by atoms with Crippen LogP contribution in [0.4, 0.5) is 0 Å². The Morgan fingerprint density at radius 2 is 1.90 bits per heavy atom. The number of rotatable bonds is 4. The van der Waals surface area contributed by atoms with Crippen molar-refractivity contribution < 1.29 is 18.7 Å². The standard InChI is InChI=1S/C22H33N3O4/c1-16-13-18(17(2)29-16)19(26)25-9-5-21(6-10-25)14-24(11-12-28-4)15-22(21)7-8-23(3)20(22)27/h13H,5-12,14-15H2,1-4H3. The van der Waals surface area contributed by atoms with Gasteiger partial charge in [0.05, 0.1) is 17.6 Å². The van der Waals surface area contributed by atoms with Crippen molar-refractivity contribution in [2.24, 2.45) is 10.8 Å². The molecule has 4 heterocycles. The van der Waals surface area contributed by atoms with Crippen LogP contribution in [0.2, 0.25) is 0 Å². The fourth-order valence-corrected chi connectivity index (χ4v) is 5.92. The zero-order valence-corrected chi connectivity index (χ0v) is 18.1. The van der Waals surface area contributed by atoms with Crippen LogP contribution in [0.3, 0.4) is 0 Å². The van der Waals surface area contributed by atoms with Crippen LogP contribution in [0, 0.1) is 24.7 Å². The molecule has 0 aromatic carbocycles. The van der Waals surface area contributed by atoms with Crippen molar-refractivity contribution in [2.45, 2.75) is 33.1 Å².